The summed E-state index contributed by atoms with van der Waals surface area (Å²) in [5, 5.41) is 3.66. The summed E-state index contributed by atoms with van der Waals surface area (Å²) >= 11 is 5.71. The fourth-order valence-electron chi connectivity index (χ4n) is 2.78. The average molecular weight is 269 g/mol. The third kappa shape index (κ3) is 2.68. The van der Waals surface area contributed by atoms with Crippen molar-refractivity contribution in [3.05, 3.63) is 34.6 Å². The topological polar surface area (TPSA) is 15.3 Å². The summed E-state index contributed by atoms with van der Waals surface area (Å²) in [5.41, 5.74) is 1.02. The molecule has 3 rings (SSSR count). The molecule has 1 saturated heterocycles. The van der Waals surface area contributed by atoms with Gasteiger partial charge < -0.3 is 5.32 Å². The smallest absolute Gasteiger partial charge is 0.142 e. The highest BCUT2D eigenvalue weighted by Crippen LogP contribution is 2.36. The van der Waals surface area contributed by atoms with Gasteiger partial charge in [0.1, 0.15) is 5.82 Å². The lowest BCUT2D eigenvalue weighted by Gasteiger charge is -2.36. The van der Waals surface area contributed by atoms with E-state index in [2.05, 4.69) is 10.2 Å². The van der Waals surface area contributed by atoms with Crippen LogP contribution in [0.1, 0.15) is 18.4 Å². The van der Waals surface area contributed by atoms with E-state index in [1.807, 2.05) is 6.07 Å². The van der Waals surface area contributed by atoms with Crippen molar-refractivity contribution in [2.75, 3.05) is 19.6 Å². The fraction of sp³-hybridized carbons (Fsp3) is 0.571. The fourth-order valence-corrected chi connectivity index (χ4v) is 2.90. The van der Waals surface area contributed by atoms with Crippen LogP contribution in [0.5, 0.6) is 0 Å². The Morgan fingerprint density at radius 2 is 2.22 bits per heavy atom. The minimum absolute atomic E-state index is 0.206. The monoisotopic (exact) mass is 268 g/mol. The van der Waals surface area contributed by atoms with Gasteiger partial charge in [-0.05, 0) is 36.5 Å². The van der Waals surface area contributed by atoms with Gasteiger partial charge in [-0.3, -0.25) is 4.90 Å². The van der Waals surface area contributed by atoms with Gasteiger partial charge >= 0.3 is 0 Å². The second kappa shape index (κ2) is 5.16. The van der Waals surface area contributed by atoms with Gasteiger partial charge in [-0.2, -0.15) is 0 Å². The molecule has 0 aromatic heterocycles. The van der Waals surface area contributed by atoms with E-state index in [1.54, 1.807) is 12.1 Å². The number of hydrogen-bond donors (Lipinski definition) is 1. The van der Waals surface area contributed by atoms with Crippen molar-refractivity contribution in [1.82, 2.24) is 10.2 Å². The van der Waals surface area contributed by atoms with Gasteiger partial charge in [-0.15, -0.1) is 0 Å². The molecule has 1 unspecified atom stereocenters. The minimum atomic E-state index is -0.313. The molecule has 1 heterocycles. The normalized spacial score (nSPS) is 25.3. The zero-order valence-corrected chi connectivity index (χ0v) is 11.1. The molecule has 2 aliphatic rings. The lowest BCUT2D eigenvalue weighted by atomic mass is 10.1. The van der Waals surface area contributed by atoms with Gasteiger partial charge in [0.2, 0.25) is 0 Å². The molecule has 0 amide bonds. The second-order valence-electron chi connectivity index (χ2n) is 5.33. The number of hydrogen-bond acceptors (Lipinski definition) is 2. The molecular weight excluding hydrogens is 251 g/mol. The molecule has 18 heavy (non-hydrogen) atoms. The van der Waals surface area contributed by atoms with E-state index in [-0.39, 0.29) is 10.8 Å². The molecule has 0 spiro atoms. The van der Waals surface area contributed by atoms with Gasteiger partial charge in [-0.25, -0.2) is 4.39 Å². The summed E-state index contributed by atoms with van der Waals surface area (Å²) in [6.45, 7) is 3.97. The quantitative estimate of drug-likeness (QED) is 0.907. The van der Waals surface area contributed by atoms with Crippen LogP contribution in [0.15, 0.2) is 18.2 Å². The number of piperazine rings is 1. The summed E-state index contributed by atoms with van der Waals surface area (Å²) in [4.78, 5) is 2.48. The molecule has 1 saturated carbocycles. The number of rotatable bonds is 3. The van der Waals surface area contributed by atoms with Crippen LogP contribution in [0, 0.1) is 11.7 Å². The molecule has 1 atom stereocenters. The Balaban J connectivity index is 1.71. The predicted molar refractivity (Wildman–Crippen MR) is 71.2 cm³/mol. The maximum Gasteiger partial charge on any atom is 0.142 e. The summed E-state index contributed by atoms with van der Waals surface area (Å²) in [6.07, 6.45) is 2.69. The molecule has 98 valence electrons. The highest BCUT2D eigenvalue weighted by Gasteiger charge is 2.36. The van der Waals surface area contributed by atoms with Crippen LogP contribution in [0.25, 0.3) is 0 Å². The first-order chi connectivity index (χ1) is 8.74. The SMILES string of the molecule is Fc1cc(CN2CCNCC2C2CC2)ccc1Cl. The molecule has 1 aliphatic heterocycles. The Labute approximate surface area is 112 Å². The highest BCUT2D eigenvalue weighted by molar-refractivity contribution is 6.30. The van der Waals surface area contributed by atoms with Crippen molar-refractivity contribution in [3.63, 3.8) is 0 Å². The number of halogens is 2. The van der Waals surface area contributed by atoms with Crippen LogP contribution >= 0.6 is 11.6 Å². The molecule has 1 aromatic carbocycles. The summed E-state index contributed by atoms with van der Waals surface area (Å²) in [7, 11) is 0. The Morgan fingerprint density at radius 1 is 1.39 bits per heavy atom. The molecule has 1 N–H and O–H groups in total. The highest BCUT2D eigenvalue weighted by atomic mass is 35.5. The first-order valence-corrected chi connectivity index (χ1v) is 7.00. The molecule has 1 aliphatic carbocycles. The number of nitrogens with one attached hydrogen (secondary N) is 1. The van der Waals surface area contributed by atoms with Crippen LogP contribution in [0.2, 0.25) is 5.02 Å². The van der Waals surface area contributed by atoms with Crippen LogP contribution in [-0.4, -0.2) is 30.6 Å². The van der Waals surface area contributed by atoms with E-state index in [0.717, 1.165) is 37.7 Å². The second-order valence-corrected chi connectivity index (χ2v) is 5.74. The van der Waals surface area contributed by atoms with Crippen LogP contribution in [0.3, 0.4) is 0 Å². The third-order valence-electron chi connectivity index (χ3n) is 3.93. The van der Waals surface area contributed by atoms with E-state index >= 15 is 0 Å². The maximum absolute atomic E-state index is 13.4. The van der Waals surface area contributed by atoms with Crippen molar-refractivity contribution in [2.24, 2.45) is 5.92 Å². The average Bonchev–Trinajstić information content (AvgIpc) is 3.19. The lowest BCUT2D eigenvalue weighted by Crippen LogP contribution is -2.51. The van der Waals surface area contributed by atoms with E-state index in [0.29, 0.717) is 6.04 Å². The van der Waals surface area contributed by atoms with Crippen molar-refractivity contribution >= 4 is 11.6 Å². The predicted octanol–water partition coefficient (Wildman–Crippen LogP) is 2.66. The van der Waals surface area contributed by atoms with Gasteiger partial charge in [0.15, 0.2) is 0 Å². The van der Waals surface area contributed by atoms with E-state index < -0.39 is 0 Å². The summed E-state index contributed by atoms with van der Waals surface area (Å²) < 4.78 is 13.4. The maximum atomic E-state index is 13.4. The molecule has 4 heteroatoms. The van der Waals surface area contributed by atoms with Crippen LogP contribution in [-0.2, 0) is 6.54 Å². The van der Waals surface area contributed by atoms with Gasteiger partial charge in [0.25, 0.3) is 0 Å². The standard InChI is InChI=1S/C14H18ClFN2/c15-12-4-1-10(7-13(12)16)9-18-6-5-17-8-14(18)11-2-3-11/h1,4,7,11,14,17H,2-3,5-6,8-9H2. The Morgan fingerprint density at radius 3 is 2.94 bits per heavy atom. The lowest BCUT2D eigenvalue weighted by molar-refractivity contribution is 0.135. The molecule has 0 radical (unpaired) electrons. The molecule has 2 nitrogen and oxygen atoms in total. The van der Waals surface area contributed by atoms with E-state index in [4.69, 9.17) is 11.6 Å². The first kappa shape index (κ1) is 12.4. The Kier molecular flexibility index (Phi) is 3.55. The zero-order valence-electron chi connectivity index (χ0n) is 10.3. The Hall–Kier alpha value is -0.640. The minimum Gasteiger partial charge on any atom is -0.314 e. The van der Waals surface area contributed by atoms with E-state index in [1.165, 1.54) is 12.8 Å². The van der Waals surface area contributed by atoms with Gasteiger partial charge in [0, 0.05) is 32.2 Å². The number of nitrogens with zero attached hydrogens (tertiary/aromatic N) is 1. The number of benzene rings is 1. The van der Waals surface area contributed by atoms with Crippen molar-refractivity contribution in [1.29, 1.82) is 0 Å². The Bertz CT molecular complexity index is 434. The van der Waals surface area contributed by atoms with Crippen LogP contribution in [0.4, 0.5) is 4.39 Å². The van der Waals surface area contributed by atoms with Crippen molar-refractivity contribution < 1.29 is 4.39 Å². The van der Waals surface area contributed by atoms with Crippen LogP contribution < -0.4 is 5.32 Å². The van der Waals surface area contributed by atoms with Gasteiger partial charge in [-0.1, -0.05) is 17.7 Å². The van der Waals surface area contributed by atoms with Crippen molar-refractivity contribution in [2.45, 2.75) is 25.4 Å². The molecule has 2 fully saturated rings. The van der Waals surface area contributed by atoms with Gasteiger partial charge in [0.05, 0.1) is 5.02 Å². The molecule has 0 bridgehead atoms. The summed E-state index contributed by atoms with van der Waals surface area (Å²) in [6, 6.07) is 5.77. The first-order valence-electron chi connectivity index (χ1n) is 6.63. The molecule has 1 aromatic rings. The molecular formula is C14H18ClFN2. The third-order valence-corrected chi connectivity index (χ3v) is 4.24. The summed E-state index contributed by atoms with van der Waals surface area (Å²) in [5.74, 6) is 0.530. The zero-order chi connectivity index (χ0) is 12.5. The van der Waals surface area contributed by atoms with Crippen molar-refractivity contribution in [3.8, 4) is 0 Å². The van der Waals surface area contributed by atoms with E-state index in [9.17, 15) is 4.39 Å². The largest absolute Gasteiger partial charge is 0.314 e.